The van der Waals surface area contributed by atoms with Crippen LogP contribution in [-0.2, 0) is 9.59 Å². The third kappa shape index (κ3) is 2.91. The van der Waals surface area contributed by atoms with Crippen LogP contribution in [0.5, 0.6) is 5.75 Å². The highest BCUT2D eigenvalue weighted by atomic mass is 35.5. The Morgan fingerprint density at radius 3 is 2.69 bits per heavy atom. The smallest absolute Gasteiger partial charge is 0.278 e. The van der Waals surface area contributed by atoms with E-state index in [2.05, 4.69) is 10.6 Å². The van der Waals surface area contributed by atoms with Crippen molar-refractivity contribution in [3.8, 4) is 5.75 Å². The maximum atomic E-state index is 12.8. The Hall–Kier alpha value is -2.58. The van der Waals surface area contributed by atoms with Crippen LogP contribution >= 0.6 is 22.9 Å². The fraction of sp³-hybridized carbons (Fsp3) is 0.235. The van der Waals surface area contributed by atoms with Crippen molar-refractivity contribution >= 4 is 51.3 Å². The second kappa shape index (κ2) is 6.30. The van der Waals surface area contributed by atoms with Gasteiger partial charge in [-0.15, -0.1) is 11.3 Å². The summed E-state index contributed by atoms with van der Waals surface area (Å²) in [6.45, 7) is 4.91. The number of rotatable bonds is 3. The number of nitrogens with one attached hydrogen (secondary N) is 2. The Labute approximate surface area is 158 Å². The van der Waals surface area contributed by atoms with Gasteiger partial charge < -0.3 is 21.1 Å². The molecule has 2 aromatic rings. The van der Waals surface area contributed by atoms with Gasteiger partial charge >= 0.3 is 0 Å². The van der Waals surface area contributed by atoms with E-state index in [9.17, 15) is 14.4 Å². The molecule has 0 spiro atoms. The van der Waals surface area contributed by atoms with Gasteiger partial charge in [0.2, 0.25) is 0 Å². The summed E-state index contributed by atoms with van der Waals surface area (Å²) in [5.41, 5.74) is 4.90. The molecule has 26 heavy (non-hydrogen) atoms. The molecule has 0 radical (unpaired) electrons. The van der Waals surface area contributed by atoms with E-state index in [1.54, 1.807) is 19.1 Å². The summed E-state index contributed by atoms with van der Waals surface area (Å²) in [5, 5.41) is 5.93. The van der Waals surface area contributed by atoms with E-state index in [1.165, 1.54) is 24.3 Å². The minimum Gasteiger partial charge on any atom is -0.466 e. The molecule has 3 amide bonds. The zero-order chi connectivity index (χ0) is 19.2. The highest BCUT2D eigenvalue weighted by Gasteiger charge is 2.47. The molecule has 1 aromatic carbocycles. The first kappa shape index (κ1) is 18.2. The van der Waals surface area contributed by atoms with E-state index < -0.39 is 23.3 Å². The first-order valence-corrected chi connectivity index (χ1v) is 8.84. The van der Waals surface area contributed by atoms with Crippen LogP contribution < -0.4 is 21.1 Å². The van der Waals surface area contributed by atoms with Crippen LogP contribution in [-0.4, -0.2) is 23.3 Å². The number of anilines is 2. The molecule has 1 atom stereocenters. The number of carbonyl (C=O) groups is 3. The van der Waals surface area contributed by atoms with Gasteiger partial charge in [0.05, 0.1) is 11.3 Å². The number of benzene rings is 1. The van der Waals surface area contributed by atoms with E-state index in [1.807, 2.05) is 6.92 Å². The number of aryl methyl sites for hydroxylation is 1. The number of nitrogens with two attached hydrogens (primary N) is 1. The molecule has 0 saturated heterocycles. The Kier molecular flexibility index (Phi) is 4.41. The van der Waals surface area contributed by atoms with Gasteiger partial charge in [-0.1, -0.05) is 11.6 Å². The molecule has 4 N–H and O–H groups in total. The maximum Gasteiger partial charge on any atom is 0.278 e. The molecule has 2 heterocycles. The molecule has 136 valence electrons. The minimum atomic E-state index is -1.82. The Balaban J connectivity index is 1.93. The van der Waals surface area contributed by atoms with E-state index >= 15 is 0 Å². The molecule has 9 heteroatoms. The van der Waals surface area contributed by atoms with Crippen LogP contribution in [0, 0.1) is 13.8 Å². The Bertz CT molecular complexity index is 956. The zero-order valence-corrected chi connectivity index (χ0v) is 15.8. The zero-order valence-electron chi connectivity index (χ0n) is 14.2. The predicted molar refractivity (Wildman–Crippen MR) is 100 cm³/mol. The monoisotopic (exact) mass is 393 g/mol. The fourth-order valence-corrected chi connectivity index (χ4v) is 3.81. The quantitative estimate of drug-likeness (QED) is 0.696. The van der Waals surface area contributed by atoms with Crippen molar-refractivity contribution in [3.63, 3.8) is 0 Å². The summed E-state index contributed by atoms with van der Waals surface area (Å²) in [4.78, 5) is 37.8. The van der Waals surface area contributed by atoms with Crippen LogP contribution in [0.2, 0.25) is 5.02 Å². The van der Waals surface area contributed by atoms with Crippen molar-refractivity contribution in [2.45, 2.75) is 26.4 Å². The Morgan fingerprint density at radius 2 is 2.04 bits per heavy atom. The third-order valence-electron chi connectivity index (χ3n) is 4.23. The lowest BCUT2D eigenvalue weighted by Crippen LogP contribution is -2.56. The number of hydrogen-bond donors (Lipinski definition) is 3. The molecule has 1 aliphatic heterocycles. The largest absolute Gasteiger partial charge is 0.466 e. The molecule has 3 rings (SSSR count). The second-order valence-corrected chi connectivity index (χ2v) is 7.70. The first-order chi connectivity index (χ1) is 12.1. The lowest BCUT2D eigenvalue weighted by Gasteiger charge is -2.33. The molecular weight excluding hydrogens is 378 g/mol. The number of thiophene rings is 1. The SMILES string of the molecule is Cc1sc(NC(=O)C2(C)Oc3ccc(Cl)cc3NC2=O)c(C(N)=O)c1C. The lowest BCUT2D eigenvalue weighted by molar-refractivity contribution is -0.143. The number of halogens is 1. The van der Waals surface area contributed by atoms with Gasteiger partial charge in [-0.2, -0.15) is 0 Å². The van der Waals surface area contributed by atoms with Crippen molar-refractivity contribution in [3.05, 3.63) is 39.2 Å². The number of fused-ring (bicyclic) bond motifs is 1. The topological polar surface area (TPSA) is 111 Å². The minimum absolute atomic E-state index is 0.229. The van der Waals surface area contributed by atoms with Crippen molar-refractivity contribution in [2.75, 3.05) is 10.6 Å². The van der Waals surface area contributed by atoms with Crippen molar-refractivity contribution in [1.82, 2.24) is 0 Å². The predicted octanol–water partition coefficient (Wildman–Crippen LogP) is 2.85. The molecule has 1 unspecified atom stereocenters. The van der Waals surface area contributed by atoms with Crippen LogP contribution in [0.1, 0.15) is 27.7 Å². The number of ether oxygens (including phenoxy) is 1. The summed E-state index contributed by atoms with van der Waals surface area (Å²) in [6.07, 6.45) is 0. The number of carbonyl (C=O) groups excluding carboxylic acids is 3. The Morgan fingerprint density at radius 1 is 1.35 bits per heavy atom. The van der Waals surface area contributed by atoms with Gasteiger partial charge in [0.1, 0.15) is 10.8 Å². The van der Waals surface area contributed by atoms with Crippen molar-refractivity contribution in [2.24, 2.45) is 5.73 Å². The van der Waals surface area contributed by atoms with E-state index in [0.29, 0.717) is 22.0 Å². The van der Waals surface area contributed by atoms with Crippen molar-refractivity contribution in [1.29, 1.82) is 0 Å². The molecule has 0 saturated carbocycles. The molecule has 0 aliphatic carbocycles. The normalized spacial score (nSPS) is 18.5. The van der Waals surface area contributed by atoms with Crippen LogP contribution in [0.15, 0.2) is 18.2 Å². The average molecular weight is 394 g/mol. The molecule has 0 fully saturated rings. The number of hydrogen-bond acceptors (Lipinski definition) is 5. The summed E-state index contributed by atoms with van der Waals surface area (Å²) >= 11 is 7.11. The van der Waals surface area contributed by atoms with Crippen LogP contribution in [0.3, 0.4) is 0 Å². The summed E-state index contributed by atoms with van der Waals surface area (Å²) in [6, 6.07) is 4.69. The number of primary amides is 1. The maximum absolute atomic E-state index is 12.8. The molecular formula is C17H16ClN3O4S. The van der Waals surface area contributed by atoms with Gasteiger partial charge in [0.15, 0.2) is 0 Å². The van der Waals surface area contributed by atoms with E-state index in [4.69, 9.17) is 22.1 Å². The lowest BCUT2D eigenvalue weighted by atomic mass is 10.0. The van der Waals surface area contributed by atoms with E-state index in [0.717, 1.165) is 4.88 Å². The molecule has 0 bridgehead atoms. The standard InChI is InChI=1S/C17H16ClN3O4S/c1-7-8(2)26-14(12(7)13(19)22)21-16(24)17(3)15(23)20-10-6-9(18)4-5-11(10)25-17/h4-6H,1-3H3,(H2,19,22)(H,20,23)(H,21,24). The highest BCUT2D eigenvalue weighted by molar-refractivity contribution is 7.16. The molecule has 1 aromatic heterocycles. The highest BCUT2D eigenvalue weighted by Crippen LogP contribution is 2.37. The summed E-state index contributed by atoms with van der Waals surface area (Å²) < 4.78 is 5.66. The van der Waals surface area contributed by atoms with Crippen LogP contribution in [0.4, 0.5) is 10.7 Å². The van der Waals surface area contributed by atoms with Gasteiger partial charge in [0, 0.05) is 9.90 Å². The first-order valence-electron chi connectivity index (χ1n) is 7.64. The fourth-order valence-electron chi connectivity index (χ4n) is 2.58. The van der Waals surface area contributed by atoms with Gasteiger partial charge in [-0.3, -0.25) is 14.4 Å². The second-order valence-electron chi connectivity index (χ2n) is 6.04. The van der Waals surface area contributed by atoms with Crippen molar-refractivity contribution < 1.29 is 19.1 Å². The molecule has 7 nitrogen and oxygen atoms in total. The molecule has 1 aliphatic rings. The number of amides is 3. The third-order valence-corrected chi connectivity index (χ3v) is 5.59. The van der Waals surface area contributed by atoms with E-state index in [-0.39, 0.29) is 10.6 Å². The van der Waals surface area contributed by atoms with Gasteiger partial charge in [-0.05, 0) is 44.5 Å². The average Bonchev–Trinajstić information content (AvgIpc) is 2.83. The van der Waals surface area contributed by atoms with Gasteiger partial charge in [0.25, 0.3) is 23.3 Å². The van der Waals surface area contributed by atoms with Crippen LogP contribution in [0.25, 0.3) is 0 Å². The summed E-state index contributed by atoms with van der Waals surface area (Å²) in [5.74, 6) is -1.68. The van der Waals surface area contributed by atoms with Gasteiger partial charge in [-0.25, -0.2) is 0 Å². The summed E-state index contributed by atoms with van der Waals surface area (Å²) in [7, 11) is 0.